The van der Waals surface area contributed by atoms with Crippen LogP contribution >= 0.6 is 0 Å². The first-order valence-electron chi connectivity index (χ1n) is 8.83. The van der Waals surface area contributed by atoms with E-state index in [9.17, 15) is 14.4 Å². The number of rotatable bonds is 6. The van der Waals surface area contributed by atoms with Gasteiger partial charge < -0.3 is 22.0 Å². The van der Waals surface area contributed by atoms with Gasteiger partial charge in [-0.2, -0.15) is 0 Å². The molecule has 0 aromatic rings. The van der Waals surface area contributed by atoms with Crippen LogP contribution in [-0.4, -0.2) is 53.7 Å². The molecule has 2 aliphatic rings. The summed E-state index contributed by atoms with van der Waals surface area (Å²) in [4.78, 5) is 39.4. The number of hydrogen-bond acceptors (Lipinski definition) is 4. The molecule has 0 spiro atoms. The summed E-state index contributed by atoms with van der Waals surface area (Å²) in [6, 6.07) is -0.939. The van der Waals surface area contributed by atoms with Gasteiger partial charge in [0.25, 0.3) is 0 Å². The van der Waals surface area contributed by atoms with Gasteiger partial charge in [0.15, 0.2) is 5.78 Å². The number of likely N-dealkylation sites (tertiary alicyclic amines) is 1. The van der Waals surface area contributed by atoms with Crippen molar-refractivity contribution >= 4 is 17.6 Å². The molecule has 1 saturated carbocycles. The van der Waals surface area contributed by atoms with E-state index in [-0.39, 0.29) is 56.0 Å². The van der Waals surface area contributed by atoms with E-state index in [0.29, 0.717) is 19.4 Å². The van der Waals surface area contributed by atoms with Gasteiger partial charge in [0.1, 0.15) is 5.54 Å². The van der Waals surface area contributed by atoms with Crippen LogP contribution in [0.2, 0.25) is 0 Å². The second-order valence-corrected chi connectivity index (χ2v) is 8.18. The first-order valence-corrected chi connectivity index (χ1v) is 8.83. The third-order valence-electron chi connectivity index (χ3n) is 5.35. The van der Waals surface area contributed by atoms with E-state index < -0.39 is 11.6 Å². The van der Waals surface area contributed by atoms with Crippen LogP contribution in [0.4, 0.5) is 0 Å². The zero-order chi connectivity index (χ0) is 19.0. The summed E-state index contributed by atoms with van der Waals surface area (Å²) in [5.74, 6) is -0.432. The maximum absolute atomic E-state index is 13.0. The van der Waals surface area contributed by atoms with Crippen LogP contribution in [0.15, 0.2) is 12.7 Å². The fourth-order valence-corrected chi connectivity index (χ4v) is 3.72. The first kappa shape index (κ1) is 23.0. The van der Waals surface area contributed by atoms with Crippen LogP contribution in [0.3, 0.4) is 0 Å². The smallest absolute Gasteiger partial charge is 0.240 e. The molecule has 0 radical (unpaired) electrons. The van der Waals surface area contributed by atoms with Crippen molar-refractivity contribution in [2.45, 2.75) is 58.2 Å². The largest absolute Gasteiger partial charge is 0.362 e. The molecule has 26 heavy (non-hydrogen) atoms. The number of amides is 2. The van der Waals surface area contributed by atoms with Gasteiger partial charge in [0.05, 0.1) is 12.1 Å². The molecule has 0 aromatic heterocycles. The summed E-state index contributed by atoms with van der Waals surface area (Å²) < 4.78 is 0. The molecule has 2 N–H and O–H groups in total. The molecule has 2 rings (SSSR count). The molecule has 7 heteroatoms. The molecule has 4 atom stereocenters. The summed E-state index contributed by atoms with van der Waals surface area (Å²) >= 11 is 0. The fourth-order valence-electron chi connectivity index (χ4n) is 3.72. The Kier molecular flexibility index (Phi) is 7.40. The number of hydrogen-bond donors (Lipinski definition) is 2. The Morgan fingerprint density at radius 2 is 1.96 bits per heavy atom. The minimum atomic E-state index is -0.831. The number of carbonyl (C=O) groups is 3. The molecule has 1 aliphatic carbocycles. The second-order valence-electron chi connectivity index (χ2n) is 8.18. The summed E-state index contributed by atoms with van der Waals surface area (Å²) in [6.07, 6.45) is 4.74. The van der Waals surface area contributed by atoms with Crippen molar-refractivity contribution in [2.24, 2.45) is 11.3 Å². The van der Waals surface area contributed by atoms with E-state index in [1.54, 1.807) is 18.0 Å². The van der Waals surface area contributed by atoms with Crippen molar-refractivity contribution in [1.82, 2.24) is 15.5 Å². The molecular weight excluding hydrogens is 502 g/mol. The zero-order valence-electron chi connectivity index (χ0n) is 16.3. The molecule has 1 saturated heterocycles. The minimum absolute atomic E-state index is 0. The summed E-state index contributed by atoms with van der Waals surface area (Å²) in [5, 5.41) is 5.97. The predicted octanol–water partition coefficient (Wildman–Crippen LogP) is 1.07. The van der Waals surface area contributed by atoms with Crippen molar-refractivity contribution in [2.75, 3.05) is 13.6 Å². The molecule has 1 unspecified atom stereocenters. The topological polar surface area (TPSA) is 78.5 Å². The molecule has 0 aromatic carbocycles. The van der Waals surface area contributed by atoms with Crippen molar-refractivity contribution in [3.8, 4) is 0 Å². The van der Waals surface area contributed by atoms with Crippen LogP contribution < -0.4 is 10.6 Å². The van der Waals surface area contributed by atoms with Crippen LogP contribution in [0.25, 0.3) is 0 Å². The molecule has 1 aliphatic heterocycles. The maximum atomic E-state index is 13.0. The average molecular weight is 532 g/mol. The van der Waals surface area contributed by atoms with Crippen molar-refractivity contribution < 1.29 is 35.4 Å². The Bertz CT molecular complexity index is 587. The van der Waals surface area contributed by atoms with Crippen molar-refractivity contribution in [3.05, 3.63) is 19.1 Å². The van der Waals surface area contributed by atoms with Crippen LogP contribution in [0.1, 0.15) is 40.5 Å². The van der Waals surface area contributed by atoms with Gasteiger partial charge in [-0.15, -0.1) is 19.5 Å². The number of nitrogens with one attached hydrogen (secondary N) is 2. The number of Topliss-reactive ketones (excluding diaryl/α,β-unsaturated/α-hetero) is 1. The van der Waals surface area contributed by atoms with Crippen LogP contribution in [-0.2, 0) is 35.4 Å². The van der Waals surface area contributed by atoms with Gasteiger partial charge in [-0.05, 0) is 25.8 Å². The Hall–Kier alpha value is -1.00. The van der Waals surface area contributed by atoms with Crippen molar-refractivity contribution in [3.63, 3.8) is 0 Å². The molecule has 146 valence electrons. The maximum Gasteiger partial charge on any atom is 0.240 e. The number of carbonyl (C=O) groups excluding carboxylic acids is 3. The van der Waals surface area contributed by atoms with Crippen molar-refractivity contribution in [1.29, 1.82) is 0 Å². The van der Waals surface area contributed by atoms with E-state index in [1.165, 1.54) is 6.92 Å². The molecule has 6 nitrogen and oxygen atoms in total. The molecule has 2 fully saturated rings. The third-order valence-corrected chi connectivity index (χ3v) is 5.35. The Morgan fingerprint density at radius 3 is 2.38 bits per heavy atom. The Labute approximate surface area is 170 Å². The summed E-state index contributed by atoms with van der Waals surface area (Å²) in [5.41, 5.74) is -1.09. The van der Waals surface area contributed by atoms with E-state index in [0.717, 1.165) is 0 Å². The predicted molar refractivity (Wildman–Crippen MR) is 96.6 cm³/mol. The van der Waals surface area contributed by atoms with Gasteiger partial charge in [-0.25, -0.2) is 0 Å². The molecule has 1 heterocycles. The van der Waals surface area contributed by atoms with Gasteiger partial charge >= 0.3 is 0 Å². The van der Waals surface area contributed by atoms with Gasteiger partial charge in [-0.3, -0.25) is 14.4 Å². The SMILES string of the molecule is C=CC1C[C@]1(NC(=O)[C@@H]1C[CH-]CN1C(=O)[C@@H](NC)C(C)(C)C)C(C)=O.[W]. The van der Waals surface area contributed by atoms with E-state index >= 15 is 0 Å². The fraction of sp³-hybridized carbons (Fsp3) is 0.684. The average Bonchev–Trinajstić information content (AvgIpc) is 3.01. The molecule has 2 amide bonds. The van der Waals surface area contributed by atoms with E-state index in [2.05, 4.69) is 17.2 Å². The number of ketones is 1. The quantitative estimate of drug-likeness (QED) is 0.397. The summed E-state index contributed by atoms with van der Waals surface area (Å²) in [7, 11) is 1.76. The monoisotopic (exact) mass is 532 g/mol. The van der Waals surface area contributed by atoms with E-state index in [4.69, 9.17) is 0 Å². The standard InChI is InChI=1S/C19H30N3O3.W/c1-7-13-11-19(13,12(2)23)21-16(24)14-9-8-10-22(14)17(25)15(20-6)18(3,4)5;/h7-8,13-15,20H,1,9-11H2,2-6H3,(H,21,24);/q-1;/t13?,14-,15+,19-;/m0./s1. The Balaban J connectivity index is 0.00000338. The zero-order valence-corrected chi connectivity index (χ0v) is 19.2. The minimum Gasteiger partial charge on any atom is -0.362 e. The molecule has 0 bridgehead atoms. The normalized spacial score (nSPS) is 28.7. The van der Waals surface area contributed by atoms with Crippen LogP contribution in [0, 0.1) is 17.8 Å². The van der Waals surface area contributed by atoms with Gasteiger partial charge in [0, 0.05) is 27.0 Å². The summed E-state index contributed by atoms with van der Waals surface area (Å²) in [6.45, 7) is 11.6. The number of nitrogens with zero attached hydrogens (tertiary/aromatic N) is 1. The Morgan fingerprint density at radius 1 is 1.35 bits per heavy atom. The van der Waals surface area contributed by atoms with Gasteiger partial charge in [-0.1, -0.05) is 26.8 Å². The van der Waals surface area contributed by atoms with E-state index in [1.807, 2.05) is 27.2 Å². The van der Waals surface area contributed by atoms with Crippen LogP contribution in [0.5, 0.6) is 0 Å². The van der Waals surface area contributed by atoms with Gasteiger partial charge in [0.2, 0.25) is 11.8 Å². The molecular formula is C19H30N3O3W-. The third kappa shape index (κ3) is 4.28. The number of likely N-dealkylation sites (N-methyl/N-ethyl adjacent to an activating group) is 1. The second kappa shape index (κ2) is 8.35. The first-order chi connectivity index (χ1) is 11.6.